The largest absolute Gasteiger partial charge is 0.392 e. The van der Waals surface area contributed by atoms with Gasteiger partial charge >= 0.3 is 0 Å². The number of aliphatic hydroxyl groups excluding tert-OH is 1. The molecule has 0 atom stereocenters. The summed E-state index contributed by atoms with van der Waals surface area (Å²) in [7, 11) is 0. The lowest BCUT2D eigenvalue weighted by Gasteiger charge is -2.11. The number of amidine groups is 1. The first-order chi connectivity index (χ1) is 9.20. The first kappa shape index (κ1) is 13.1. The summed E-state index contributed by atoms with van der Waals surface area (Å²) in [4.78, 5) is 0. The first-order valence-corrected chi connectivity index (χ1v) is 6.06. The van der Waals surface area contributed by atoms with Gasteiger partial charge in [-0.05, 0) is 23.3 Å². The van der Waals surface area contributed by atoms with Crippen LogP contribution in [0.15, 0.2) is 48.5 Å². The molecule has 0 bridgehead atoms. The quantitative estimate of drug-likeness (QED) is 0.487. The van der Waals surface area contributed by atoms with Crippen LogP contribution in [0.5, 0.6) is 0 Å². The number of hydrogen-bond acceptors (Lipinski definition) is 3. The van der Waals surface area contributed by atoms with Crippen molar-refractivity contribution in [3.8, 4) is 0 Å². The van der Waals surface area contributed by atoms with Crippen molar-refractivity contribution in [2.75, 3.05) is 5.32 Å². The van der Waals surface area contributed by atoms with Gasteiger partial charge in [0.15, 0.2) is 0 Å². The van der Waals surface area contributed by atoms with E-state index in [9.17, 15) is 0 Å². The Kier molecular flexibility index (Phi) is 4.15. The molecule has 19 heavy (non-hydrogen) atoms. The van der Waals surface area contributed by atoms with Gasteiger partial charge in [-0.2, -0.15) is 0 Å². The number of nitrogens with two attached hydrogens (primary N) is 1. The molecule has 4 nitrogen and oxygen atoms in total. The van der Waals surface area contributed by atoms with Crippen molar-refractivity contribution < 1.29 is 5.11 Å². The highest BCUT2D eigenvalue weighted by atomic mass is 16.3. The van der Waals surface area contributed by atoms with Gasteiger partial charge in [-0.15, -0.1) is 0 Å². The topological polar surface area (TPSA) is 82.1 Å². The van der Waals surface area contributed by atoms with Crippen molar-refractivity contribution in [3.05, 3.63) is 65.2 Å². The lowest BCUT2D eigenvalue weighted by Crippen LogP contribution is -2.14. The van der Waals surface area contributed by atoms with E-state index >= 15 is 0 Å². The average molecular weight is 255 g/mol. The van der Waals surface area contributed by atoms with Gasteiger partial charge in [0.1, 0.15) is 5.84 Å². The molecular formula is C15H17N3O. The minimum atomic E-state index is 0.0544. The first-order valence-electron chi connectivity index (χ1n) is 6.06. The van der Waals surface area contributed by atoms with E-state index in [1.165, 1.54) is 0 Å². The van der Waals surface area contributed by atoms with Crippen molar-refractivity contribution in [3.63, 3.8) is 0 Å². The summed E-state index contributed by atoms with van der Waals surface area (Å²) in [6.45, 7) is 0.705. The van der Waals surface area contributed by atoms with E-state index in [4.69, 9.17) is 16.2 Å². The van der Waals surface area contributed by atoms with Crippen molar-refractivity contribution >= 4 is 11.5 Å². The Morgan fingerprint density at radius 1 is 1.05 bits per heavy atom. The second-order valence-corrected chi connectivity index (χ2v) is 4.29. The fraction of sp³-hybridized carbons (Fsp3) is 0.133. The smallest absolute Gasteiger partial charge is 0.124 e. The molecule has 0 spiro atoms. The number of rotatable bonds is 5. The van der Waals surface area contributed by atoms with Gasteiger partial charge in [-0.25, -0.2) is 0 Å². The van der Waals surface area contributed by atoms with Crippen LogP contribution in [0.4, 0.5) is 5.69 Å². The minimum Gasteiger partial charge on any atom is -0.392 e. The highest BCUT2D eigenvalue weighted by Gasteiger charge is 2.03. The normalized spacial score (nSPS) is 10.2. The molecule has 0 aromatic heterocycles. The standard InChI is InChI=1S/C15H17N3O/c16-15(17)13-3-1-2-4-14(13)18-9-11-5-7-12(10-19)8-6-11/h1-8,18-19H,9-10H2,(H3,16,17). The van der Waals surface area contributed by atoms with Gasteiger partial charge in [0.05, 0.1) is 6.61 Å². The van der Waals surface area contributed by atoms with Crippen LogP contribution in [0.1, 0.15) is 16.7 Å². The molecular weight excluding hydrogens is 238 g/mol. The molecule has 0 unspecified atom stereocenters. The van der Waals surface area contributed by atoms with E-state index in [1.807, 2.05) is 48.5 Å². The number of hydrogen-bond donors (Lipinski definition) is 4. The Bertz CT molecular complexity index is 564. The molecule has 0 aliphatic heterocycles. The highest BCUT2D eigenvalue weighted by molar-refractivity contribution is 6.00. The number of nitrogen functional groups attached to an aromatic ring is 1. The van der Waals surface area contributed by atoms with Crippen molar-refractivity contribution in [1.82, 2.24) is 0 Å². The molecule has 0 radical (unpaired) electrons. The molecule has 98 valence electrons. The van der Waals surface area contributed by atoms with E-state index in [0.717, 1.165) is 16.8 Å². The van der Waals surface area contributed by atoms with E-state index < -0.39 is 0 Å². The minimum absolute atomic E-state index is 0.0544. The lowest BCUT2D eigenvalue weighted by atomic mass is 10.1. The zero-order valence-electron chi connectivity index (χ0n) is 10.6. The van der Waals surface area contributed by atoms with E-state index in [0.29, 0.717) is 12.1 Å². The predicted molar refractivity (Wildman–Crippen MR) is 77.1 cm³/mol. The molecule has 0 saturated carbocycles. The molecule has 5 N–H and O–H groups in total. The van der Waals surface area contributed by atoms with E-state index in [2.05, 4.69) is 5.32 Å². The van der Waals surface area contributed by atoms with Gasteiger partial charge in [-0.1, -0.05) is 36.4 Å². The van der Waals surface area contributed by atoms with Crippen LogP contribution in [-0.2, 0) is 13.2 Å². The maximum atomic E-state index is 8.98. The summed E-state index contributed by atoms with van der Waals surface area (Å²) in [5.41, 5.74) is 9.09. The van der Waals surface area contributed by atoms with Crippen LogP contribution >= 0.6 is 0 Å². The Labute approximate surface area is 112 Å². The molecule has 2 aromatic carbocycles. The third-order valence-corrected chi connectivity index (χ3v) is 2.91. The van der Waals surface area contributed by atoms with Crippen LogP contribution in [0, 0.1) is 5.41 Å². The molecule has 4 heteroatoms. The maximum absolute atomic E-state index is 8.98. The molecule has 0 heterocycles. The highest BCUT2D eigenvalue weighted by Crippen LogP contribution is 2.15. The van der Waals surface area contributed by atoms with E-state index in [-0.39, 0.29) is 12.4 Å². The SMILES string of the molecule is N=C(N)c1ccccc1NCc1ccc(CO)cc1. The summed E-state index contributed by atoms with van der Waals surface area (Å²) in [6.07, 6.45) is 0. The van der Waals surface area contributed by atoms with Crippen LogP contribution in [0.2, 0.25) is 0 Å². The Morgan fingerprint density at radius 2 is 1.68 bits per heavy atom. The number of nitrogens with one attached hydrogen (secondary N) is 2. The van der Waals surface area contributed by atoms with Gasteiger partial charge < -0.3 is 16.2 Å². The number of anilines is 1. The Hall–Kier alpha value is -2.33. The molecule has 0 saturated heterocycles. The van der Waals surface area contributed by atoms with Crippen LogP contribution < -0.4 is 11.1 Å². The van der Waals surface area contributed by atoms with Crippen molar-refractivity contribution in [2.24, 2.45) is 5.73 Å². The predicted octanol–water partition coefficient (Wildman–Crippen LogP) is 2.08. The number of benzene rings is 2. The van der Waals surface area contributed by atoms with E-state index in [1.54, 1.807) is 0 Å². The summed E-state index contributed by atoms with van der Waals surface area (Å²) < 4.78 is 0. The van der Waals surface area contributed by atoms with Crippen LogP contribution in [0.25, 0.3) is 0 Å². The molecule has 0 amide bonds. The zero-order valence-corrected chi connectivity index (χ0v) is 10.6. The third-order valence-electron chi connectivity index (χ3n) is 2.91. The Morgan fingerprint density at radius 3 is 2.32 bits per heavy atom. The summed E-state index contributed by atoms with van der Waals surface area (Å²) in [5.74, 6) is 0.0544. The molecule has 0 aliphatic rings. The second-order valence-electron chi connectivity index (χ2n) is 4.29. The lowest BCUT2D eigenvalue weighted by molar-refractivity contribution is 0.282. The van der Waals surface area contributed by atoms with Gasteiger partial charge in [-0.3, -0.25) is 5.41 Å². The van der Waals surface area contributed by atoms with Crippen molar-refractivity contribution in [1.29, 1.82) is 5.41 Å². The summed E-state index contributed by atoms with van der Waals surface area (Å²) in [6, 6.07) is 15.2. The fourth-order valence-electron chi connectivity index (χ4n) is 1.83. The van der Waals surface area contributed by atoms with Gasteiger partial charge in [0.2, 0.25) is 0 Å². The van der Waals surface area contributed by atoms with Crippen LogP contribution in [0.3, 0.4) is 0 Å². The number of aliphatic hydroxyl groups is 1. The second kappa shape index (κ2) is 6.02. The molecule has 0 aliphatic carbocycles. The molecule has 2 aromatic rings. The maximum Gasteiger partial charge on any atom is 0.124 e. The van der Waals surface area contributed by atoms with Gasteiger partial charge in [0.25, 0.3) is 0 Å². The summed E-state index contributed by atoms with van der Waals surface area (Å²) in [5, 5.41) is 19.8. The van der Waals surface area contributed by atoms with Crippen LogP contribution in [-0.4, -0.2) is 10.9 Å². The zero-order chi connectivity index (χ0) is 13.7. The van der Waals surface area contributed by atoms with Crippen molar-refractivity contribution in [2.45, 2.75) is 13.2 Å². The molecule has 0 fully saturated rings. The summed E-state index contributed by atoms with van der Waals surface area (Å²) >= 11 is 0. The fourth-order valence-corrected chi connectivity index (χ4v) is 1.83. The monoisotopic (exact) mass is 255 g/mol. The molecule has 2 rings (SSSR count). The average Bonchev–Trinajstić information content (AvgIpc) is 2.46. The Balaban J connectivity index is 2.07. The number of para-hydroxylation sites is 1. The van der Waals surface area contributed by atoms with Gasteiger partial charge in [0, 0.05) is 17.8 Å². The third kappa shape index (κ3) is 3.33.